The van der Waals surface area contributed by atoms with Crippen molar-refractivity contribution in [3.05, 3.63) is 35.4 Å². The van der Waals surface area contributed by atoms with Crippen LogP contribution in [0.2, 0.25) is 0 Å². The number of aryl methyl sites for hydroxylation is 2. The van der Waals surface area contributed by atoms with Crippen molar-refractivity contribution in [1.82, 2.24) is 35.3 Å². The van der Waals surface area contributed by atoms with Gasteiger partial charge >= 0.3 is 5.97 Å². The van der Waals surface area contributed by atoms with Crippen LogP contribution in [0.3, 0.4) is 0 Å². The summed E-state index contributed by atoms with van der Waals surface area (Å²) in [6.45, 7) is 1.97. The summed E-state index contributed by atoms with van der Waals surface area (Å²) >= 11 is 1.43. The second-order valence-electron chi connectivity index (χ2n) is 13.7. The Labute approximate surface area is 282 Å². The fourth-order valence-electron chi connectivity index (χ4n) is 6.99. The smallest absolute Gasteiger partial charge is 0.330 e. The monoisotopic (exact) mass is 675 g/mol. The minimum atomic E-state index is -1.41. The number of carboxylic acid groups (broad SMARTS) is 1. The maximum Gasteiger partial charge on any atom is 0.330 e. The topological polar surface area (TPSA) is 169 Å². The number of nitrogens with one attached hydrogen (secondary N) is 2. The minimum Gasteiger partial charge on any atom is -0.479 e. The second-order valence-corrected chi connectivity index (χ2v) is 14.6. The molecule has 3 aromatic rings. The van der Waals surface area contributed by atoms with Gasteiger partial charge in [-0.05, 0) is 68.9 Å². The number of hydrogen-bond donors (Lipinski definition) is 3. The lowest BCUT2D eigenvalue weighted by Gasteiger charge is -2.29. The first kappa shape index (κ1) is 32.2. The lowest BCUT2D eigenvalue weighted by molar-refractivity contribution is -0.146. The predicted octanol–water partition coefficient (Wildman–Crippen LogP) is 3.51. The summed E-state index contributed by atoms with van der Waals surface area (Å²) in [4.78, 5) is 64.7. The van der Waals surface area contributed by atoms with Crippen LogP contribution in [0.4, 0.5) is 0 Å². The summed E-state index contributed by atoms with van der Waals surface area (Å²) in [6, 6.07) is 1.99. The molecular weight excluding hydrogens is 634 g/mol. The molecule has 3 N–H and O–H groups in total. The van der Waals surface area contributed by atoms with Gasteiger partial charge in [-0.3, -0.25) is 19.1 Å². The molecule has 5 heterocycles. The summed E-state index contributed by atoms with van der Waals surface area (Å²) < 4.78 is 8.97. The minimum absolute atomic E-state index is 0.0757. The number of rotatable bonds is 7. The number of aromatic nitrogens is 4. The molecule has 7 rings (SSSR count). The summed E-state index contributed by atoms with van der Waals surface area (Å²) in [5, 5.41) is 22.3. The van der Waals surface area contributed by atoms with E-state index in [0.29, 0.717) is 42.4 Å². The van der Waals surface area contributed by atoms with Gasteiger partial charge in [0.2, 0.25) is 23.6 Å². The number of aliphatic carboxylic acids is 1. The molecule has 3 aromatic heterocycles. The Hall–Kier alpha value is -4.33. The summed E-state index contributed by atoms with van der Waals surface area (Å²) in [6.07, 6.45) is 9.79. The highest BCUT2D eigenvalue weighted by Crippen LogP contribution is 2.45. The standard InChI is InChI=1S/C34H41N7O6S/c1-19-14-25(40(2)39-19)29-36-23-12-13-48-28(23)31(37-29)47-22-16-26-30(43)38-34(33(45)46)17-21(34)8-6-4-3-5-7-9-24(32(44)41(26)18-22)35-27(42)15-20-10-11-20/h6,8,12-14,20-22,24,26H,3-5,7,9-11,15-18H2,1-2H3,(H,35,42)(H,38,43)(H,45,46)/b8-6-/t21-,22-,24+,26+,34-/m1/s1. The molecule has 13 nitrogen and oxygen atoms in total. The Morgan fingerprint density at radius 2 is 2.02 bits per heavy atom. The van der Waals surface area contributed by atoms with Gasteiger partial charge in [-0.2, -0.15) is 10.1 Å². The van der Waals surface area contributed by atoms with Crippen LogP contribution in [0.25, 0.3) is 21.7 Å². The van der Waals surface area contributed by atoms with Crippen molar-refractivity contribution in [1.29, 1.82) is 0 Å². The highest BCUT2D eigenvalue weighted by atomic mass is 32.1. The van der Waals surface area contributed by atoms with Crippen molar-refractivity contribution in [2.45, 2.75) is 94.9 Å². The van der Waals surface area contributed by atoms with Crippen LogP contribution in [-0.2, 0) is 26.2 Å². The molecule has 0 unspecified atom stereocenters. The molecule has 0 radical (unpaired) electrons. The molecule has 2 aliphatic heterocycles. The van der Waals surface area contributed by atoms with Gasteiger partial charge in [-0.1, -0.05) is 25.0 Å². The van der Waals surface area contributed by atoms with Crippen LogP contribution in [0.1, 0.15) is 69.9 Å². The van der Waals surface area contributed by atoms with E-state index in [1.165, 1.54) is 16.2 Å². The van der Waals surface area contributed by atoms with Gasteiger partial charge < -0.3 is 25.4 Å². The zero-order valence-electron chi connectivity index (χ0n) is 27.2. The van der Waals surface area contributed by atoms with E-state index in [4.69, 9.17) is 14.7 Å². The SMILES string of the molecule is Cc1cc(-c2nc(O[C@@H]3C[C@H]4C(=O)N[C@]5(C(=O)O)C[C@H]5/C=C\CCCCC[C@H](NC(=O)CC5CC5)C(=O)N4C3)c3sccc3n2)n(C)n1. The summed E-state index contributed by atoms with van der Waals surface area (Å²) in [5.41, 5.74) is 0.830. The predicted molar refractivity (Wildman–Crippen MR) is 177 cm³/mol. The fraction of sp³-hybridized carbons (Fsp3) is 0.559. The van der Waals surface area contributed by atoms with E-state index in [1.54, 1.807) is 4.68 Å². The highest BCUT2D eigenvalue weighted by Gasteiger charge is 2.61. The van der Waals surface area contributed by atoms with Gasteiger partial charge in [-0.15, -0.1) is 11.3 Å². The molecule has 4 aliphatic rings. The largest absolute Gasteiger partial charge is 0.479 e. The third-order valence-corrected chi connectivity index (χ3v) is 10.8. The molecule has 2 saturated carbocycles. The van der Waals surface area contributed by atoms with Gasteiger partial charge in [0.1, 0.15) is 34.1 Å². The highest BCUT2D eigenvalue weighted by molar-refractivity contribution is 7.17. The van der Waals surface area contributed by atoms with Crippen molar-refractivity contribution in [2.24, 2.45) is 18.9 Å². The molecule has 254 valence electrons. The van der Waals surface area contributed by atoms with Crippen LogP contribution in [-0.4, -0.2) is 83.7 Å². The van der Waals surface area contributed by atoms with Crippen molar-refractivity contribution < 1.29 is 29.0 Å². The fourth-order valence-corrected chi connectivity index (χ4v) is 7.76. The van der Waals surface area contributed by atoms with Gasteiger partial charge in [0, 0.05) is 25.8 Å². The molecule has 0 bridgehead atoms. The summed E-state index contributed by atoms with van der Waals surface area (Å²) in [7, 11) is 1.82. The van der Waals surface area contributed by atoms with E-state index < -0.39 is 35.6 Å². The Bertz CT molecular complexity index is 1780. The quantitative estimate of drug-likeness (QED) is 0.318. The lowest BCUT2D eigenvalue weighted by atomic mass is 10.0. The second kappa shape index (κ2) is 12.9. The lowest BCUT2D eigenvalue weighted by Crippen LogP contribution is -2.56. The molecule has 0 aromatic carbocycles. The van der Waals surface area contributed by atoms with E-state index in [1.807, 2.05) is 43.6 Å². The first-order chi connectivity index (χ1) is 23.1. The van der Waals surface area contributed by atoms with Gasteiger partial charge in [-0.25, -0.2) is 9.78 Å². The number of hydrogen-bond acceptors (Lipinski definition) is 9. The van der Waals surface area contributed by atoms with E-state index in [-0.39, 0.29) is 30.7 Å². The number of carbonyl (C=O) groups is 4. The van der Waals surface area contributed by atoms with E-state index in [0.717, 1.165) is 54.6 Å². The number of ether oxygens (including phenoxy) is 1. The number of fused-ring (bicyclic) bond motifs is 3. The molecular formula is C34H41N7O6S. The van der Waals surface area contributed by atoms with E-state index >= 15 is 0 Å². The van der Waals surface area contributed by atoms with Crippen LogP contribution >= 0.6 is 11.3 Å². The van der Waals surface area contributed by atoms with Crippen LogP contribution < -0.4 is 15.4 Å². The van der Waals surface area contributed by atoms with Crippen LogP contribution in [0, 0.1) is 18.8 Å². The summed E-state index contributed by atoms with van der Waals surface area (Å²) in [5.74, 6) is -1.33. The number of amides is 3. The molecule has 48 heavy (non-hydrogen) atoms. The van der Waals surface area contributed by atoms with Crippen molar-refractivity contribution in [3.63, 3.8) is 0 Å². The number of thiophene rings is 1. The Morgan fingerprint density at radius 1 is 1.19 bits per heavy atom. The van der Waals surface area contributed by atoms with Gasteiger partial charge in [0.15, 0.2) is 5.82 Å². The number of carbonyl (C=O) groups excluding carboxylic acids is 3. The molecule has 3 amide bonds. The zero-order chi connectivity index (χ0) is 33.6. The third-order valence-electron chi connectivity index (χ3n) is 9.91. The van der Waals surface area contributed by atoms with Crippen LogP contribution in [0.5, 0.6) is 5.88 Å². The zero-order valence-corrected chi connectivity index (χ0v) is 28.0. The first-order valence-electron chi connectivity index (χ1n) is 16.9. The molecule has 1 saturated heterocycles. The van der Waals surface area contributed by atoms with Crippen molar-refractivity contribution >= 4 is 45.2 Å². The number of allylic oxidation sites excluding steroid dienone is 1. The molecule has 0 spiro atoms. The molecule has 14 heteroatoms. The maximum absolute atomic E-state index is 14.3. The Morgan fingerprint density at radius 3 is 2.77 bits per heavy atom. The Balaban J connectivity index is 1.19. The molecule has 3 fully saturated rings. The third kappa shape index (κ3) is 6.54. The Kier molecular flexibility index (Phi) is 8.69. The van der Waals surface area contributed by atoms with E-state index in [9.17, 15) is 24.3 Å². The van der Waals surface area contributed by atoms with Gasteiger partial charge in [0.05, 0.1) is 17.8 Å². The van der Waals surface area contributed by atoms with Gasteiger partial charge in [0.25, 0.3) is 0 Å². The molecule has 2 aliphatic carbocycles. The van der Waals surface area contributed by atoms with Crippen molar-refractivity contribution in [3.8, 4) is 17.4 Å². The first-order valence-corrected chi connectivity index (χ1v) is 17.7. The molecule has 5 atom stereocenters. The average Bonchev–Trinajstić information content (AvgIpc) is 3.81. The maximum atomic E-state index is 14.3. The van der Waals surface area contributed by atoms with E-state index in [2.05, 4.69) is 15.7 Å². The average molecular weight is 676 g/mol. The normalized spacial score (nSPS) is 28.5. The number of carboxylic acids is 1. The van der Waals surface area contributed by atoms with Crippen LogP contribution in [0.15, 0.2) is 29.7 Å². The van der Waals surface area contributed by atoms with Crippen molar-refractivity contribution in [2.75, 3.05) is 6.54 Å². The number of nitrogens with zero attached hydrogens (tertiary/aromatic N) is 5.